The number of nitrogens with zero attached hydrogens (tertiary/aromatic N) is 1. The molecule has 0 spiro atoms. The van der Waals surface area contributed by atoms with Crippen LogP contribution in [0.25, 0.3) is 10.6 Å². The fourth-order valence-corrected chi connectivity index (χ4v) is 3.10. The molecule has 0 unspecified atom stereocenters. The van der Waals surface area contributed by atoms with E-state index >= 15 is 0 Å². The molecule has 3 rings (SSSR count). The Kier molecular flexibility index (Phi) is 4.69. The molecule has 116 valence electrons. The van der Waals surface area contributed by atoms with Gasteiger partial charge in [0, 0.05) is 10.9 Å². The van der Waals surface area contributed by atoms with Crippen molar-refractivity contribution in [1.29, 1.82) is 0 Å². The van der Waals surface area contributed by atoms with Crippen molar-refractivity contribution in [3.63, 3.8) is 0 Å². The molecule has 2 aromatic carbocycles. The van der Waals surface area contributed by atoms with E-state index in [0.29, 0.717) is 10.7 Å². The molecular weight excluding hydrogens is 337 g/mol. The predicted molar refractivity (Wildman–Crippen MR) is 88.1 cm³/mol. The topological polar surface area (TPSA) is 39.2 Å². The predicted octanol–water partition coefficient (Wildman–Crippen LogP) is 4.96. The Balaban J connectivity index is 1.70. The van der Waals surface area contributed by atoms with Crippen LogP contribution in [0.3, 0.4) is 0 Å². The van der Waals surface area contributed by atoms with Crippen LogP contribution in [0.5, 0.6) is 0 Å². The molecule has 0 aliphatic rings. The van der Waals surface area contributed by atoms with Crippen LogP contribution in [0.15, 0.2) is 53.9 Å². The van der Waals surface area contributed by atoms with E-state index in [9.17, 15) is 9.18 Å². The van der Waals surface area contributed by atoms with Crippen LogP contribution >= 0.6 is 22.9 Å². The van der Waals surface area contributed by atoms with E-state index in [1.807, 2.05) is 18.2 Å². The first-order valence-corrected chi connectivity index (χ1v) is 8.02. The van der Waals surface area contributed by atoms with Crippen LogP contribution in [0.4, 0.5) is 4.39 Å². The molecular formula is C17H11ClFNO2S. The minimum absolute atomic E-state index is 0.0197. The van der Waals surface area contributed by atoms with Crippen LogP contribution < -0.4 is 0 Å². The molecule has 6 heteroatoms. The third-order valence-electron chi connectivity index (χ3n) is 3.10. The second kappa shape index (κ2) is 6.89. The highest BCUT2D eigenvalue weighted by Gasteiger charge is 2.14. The summed E-state index contributed by atoms with van der Waals surface area (Å²) in [5, 5.41) is 3.14. The lowest BCUT2D eigenvalue weighted by Crippen LogP contribution is -2.07. The molecule has 0 saturated carbocycles. The van der Waals surface area contributed by atoms with E-state index in [0.717, 1.165) is 10.6 Å². The maximum Gasteiger partial charge on any atom is 0.341 e. The summed E-state index contributed by atoms with van der Waals surface area (Å²) >= 11 is 7.54. The van der Waals surface area contributed by atoms with Crippen molar-refractivity contribution in [3.8, 4) is 10.6 Å². The normalized spacial score (nSPS) is 10.5. The smallest absolute Gasteiger partial charge is 0.341 e. The quantitative estimate of drug-likeness (QED) is 0.626. The van der Waals surface area contributed by atoms with Crippen molar-refractivity contribution in [3.05, 3.63) is 76.0 Å². The molecule has 0 N–H and O–H groups in total. The number of esters is 1. The van der Waals surface area contributed by atoms with Gasteiger partial charge in [-0.05, 0) is 18.2 Å². The van der Waals surface area contributed by atoms with Crippen LogP contribution in [-0.2, 0) is 11.3 Å². The molecule has 1 heterocycles. The highest BCUT2D eigenvalue weighted by molar-refractivity contribution is 7.13. The fourth-order valence-electron chi connectivity index (χ4n) is 1.98. The summed E-state index contributed by atoms with van der Waals surface area (Å²) in [6.45, 7) is -0.0197. The number of benzene rings is 2. The second-order valence-electron chi connectivity index (χ2n) is 4.68. The number of ether oxygens (including phenoxy) is 1. The zero-order chi connectivity index (χ0) is 16.2. The van der Waals surface area contributed by atoms with Gasteiger partial charge in [-0.2, -0.15) is 0 Å². The maximum atomic E-state index is 13.5. The lowest BCUT2D eigenvalue weighted by atomic mass is 10.2. The van der Waals surface area contributed by atoms with Crippen molar-refractivity contribution in [2.45, 2.75) is 6.61 Å². The molecule has 0 aliphatic heterocycles. The van der Waals surface area contributed by atoms with Gasteiger partial charge in [0.25, 0.3) is 0 Å². The van der Waals surface area contributed by atoms with Gasteiger partial charge in [0.15, 0.2) is 0 Å². The number of hydrogen-bond donors (Lipinski definition) is 0. The minimum atomic E-state index is -0.713. The van der Waals surface area contributed by atoms with Crippen LogP contribution in [0, 0.1) is 5.82 Å². The highest BCUT2D eigenvalue weighted by atomic mass is 35.5. The van der Waals surface area contributed by atoms with Crippen LogP contribution in [0.1, 0.15) is 16.1 Å². The Morgan fingerprint density at radius 1 is 1.17 bits per heavy atom. The lowest BCUT2D eigenvalue weighted by molar-refractivity contribution is 0.0463. The largest absolute Gasteiger partial charge is 0.455 e. The molecule has 0 aliphatic carbocycles. The maximum absolute atomic E-state index is 13.5. The average molecular weight is 348 g/mol. The van der Waals surface area contributed by atoms with Crippen molar-refractivity contribution < 1.29 is 13.9 Å². The first-order valence-electron chi connectivity index (χ1n) is 6.76. The third kappa shape index (κ3) is 3.57. The van der Waals surface area contributed by atoms with Gasteiger partial charge in [-0.1, -0.05) is 41.9 Å². The van der Waals surface area contributed by atoms with Crippen molar-refractivity contribution >= 4 is 28.9 Å². The van der Waals surface area contributed by atoms with Crippen molar-refractivity contribution in [2.24, 2.45) is 0 Å². The Hall–Kier alpha value is -2.24. The van der Waals surface area contributed by atoms with Crippen molar-refractivity contribution in [2.75, 3.05) is 0 Å². The molecule has 3 nitrogen and oxygen atoms in total. The second-order valence-corrected chi connectivity index (χ2v) is 5.95. The minimum Gasteiger partial charge on any atom is -0.455 e. The van der Waals surface area contributed by atoms with E-state index in [1.54, 1.807) is 17.5 Å². The Morgan fingerprint density at radius 3 is 2.70 bits per heavy atom. The Bertz CT molecular complexity index is 850. The Morgan fingerprint density at radius 2 is 1.91 bits per heavy atom. The number of thiazole rings is 1. The van der Waals surface area contributed by atoms with Gasteiger partial charge in [-0.25, -0.2) is 14.2 Å². The van der Waals surface area contributed by atoms with Crippen LogP contribution in [0.2, 0.25) is 5.02 Å². The zero-order valence-corrected chi connectivity index (χ0v) is 13.4. The first-order chi connectivity index (χ1) is 11.1. The summed E-state index contributed by atoms with van der Waals surface area (Å²) in [7, 11) is 0. The molecule has 0 amide bonds. The van der Waals surface area contributed by atoms with Gasteiger partial charge in [0.1, 0.15) is 17.4 Å². The van der Waals surface area contributed by atoms with Gasteiger partial charge in [-0.15, -0.1) is 11.3 Å². The third-order valence-corrected chi connectivity index (χ3v) is 4.35. The Labute approximate surface area is 141 Å². The number of aromatic nitrogens is 1. The summed E-state index contributed by atoms with van der Waals surface area (Å²) in [6.07, 6.45) is 0. The number of carbonyl (C=O) groups is 1. The molecule has 0 atom stereocenters. The number of carbonyl (C=O) groups excluding carboxylic acids is 1. The van der Waals surface area contributed by atoms with E-state index < -0.39 is 11.8 Å². The van der Waals surface area contributed by atoms with E-state index in [2.05, 4.69) is 4.98 Å². The van der Waals surface area contributed by atoms with Crippen LogP contribution in [-0.4, -0.2) is 11.0 Å². The monoisotopic (exact) mass is 347 g/mol. The first kappa shape index (κ1) is 15.6. The molecule has 0 fully saturated rings. The van der Waals surface area contributed by atoms with Crippen molar-refractivity contribution in [1.82, 2.24) is 4.98 Å². The van der Waals surface area contributed by atoms with Gasteiger partial charge in [0.05, 0.1) is 16.3 Å². The number of halogens is 2. The molecule has 0 radical (unpaired) electrons. The SMILES string of the molecule is O=C(OCc1csc(-c2ccccc2Cl)n1)c1ccccc1F. The summed E-state index contributed by atoms with van der Waals surface area (Å²) in [4.78, 5) is 16.3. The fraction of sp³-hybridized carbons (Fsp3) is 0.0588. The molecule has 0 bridgehead atoms. The highest BCUT2D eigenvalue weighted by Crippen LogP contribution is 2.30. The molecule has 0 saturated heterocycles. The lowest BCUT2D eigenvalue weighted by Gasteiger charge is -2.03. The summed E-state index contributed by atoms with van der Waals surface area (Å²) in [5.41, 5.74) is 1.33. The summed E-state index contributed by atoms with van der Waals surface area (Å²) in [6, 6.07) is 13.1. The van der Waals surface area contributed by atoms with Gasteiger partial charge < -0.3 is 4.74 Å². The van der Waals surface area contributed by atoms with E-state index in [1.165, 1.54) is 29.5 Å². The standard InChI is InChI=1S/C17H11ClFNO2S/c18-14-7-3-1-5-12(14)16-20-11(10-23-16)9-22-17(21)13-6-2-4-8-15(13)19/h1-8,10H,9H2. The average Bonchev–Trinajstić information content (AvgIpc) is 3.02. The van der Waals surface area contributed by atoms with Gasteiger partial charge in [0.2, 0.25) is 0 Å². The summed E-state index contributed by atoms with van der Waals surface area (Å²) in [5.74, 6) is -1.32. The van der Waals surface area contributed by atoms with E-state index in [4.69, 9.17) is 16.3 Å². The van der Waals surface area contributed by atoms with Gasteiger partial charge >= 0.3 is 5.97 Å². The molecule has 1 aromatic heterocycles. The summed E-state index contributed by atoms with van der Waals surface area (Å²) < 4.78 is 18.6. The molecule has 3 aromatic rings. The zero-order valence-electron chi connectivity index (χ0n) is 11.8. The number of hydrogen-bond acceptors (Lipinski definition) is 4. The van der Waals surface area contributed by atoms with Gasteiger partial charge in [-0.3, -0.25) is 0 Å². The molecule has 23 heavy (non-hydrogen) atoms. The van der Waals surface area contributed by atoms with E-state index in [-0.39, 0.29) is 12.2 Å². The number of rotatable bonds is 4.